The molecule has 0 saturated heterocycles. The second-order valence-corrected chi connectivity index (χ2v) is 4.71. The van der Waals surface area contributed by atoms with E-state index in [1.165, 1.54) is 0 Å². The summed E-state index contributed by atoms with van der Waals surface area (Å²) in [7, 11) is 5.04. The number of aliphatic hydroxyl groups is 1. The van der Waals surface area contributed by atoms with Crippen molar-refractivity contribution in [1.29, 1.82) is 0 Å². The van der Waals surface area contributed by atoms with E-state index in [1.54, 1.807) is 14.2 Å². The van der Waals surface area contributed by atoms with Crippen LogP contribution in [0, 0.1) is 0 Å². The van der Waals surface area contributed by atoms with Crippen molar-refractivity contribution in [2.75, 3.05) is 14.2 Å². The minimum atomic E-state index is -0.0721. The zero-order chi connectivity index (χ0) is 14.0. The Bertz CT molecular complexity index is 596. The van der Waals surface area contributed by atoms with E-state index in [4.69, 9.17) is 9.47 Å². The van der Waals surface area contributed by atoms with Gasteiger partial charge in [-0.05, 0) is 34.1 Å². The first-order valence-corrected chi connectivity index (χ1v) is 6.46. The Morgan fingerprint density at radius 3 is 2.47 bits per heavy atom. The van der Waals surface area contributed by atoms with Crippen molar-refractivity contribution in [3.05, 3.63) is 28.5 Å². The van der Waals surface area contributed by atoms with Crippen molar-refractivity contribution in [2.24, 2.45) is 7.05 Å². The number of hydrogen-bond donors (Lipinski definition) is 1. The van der Waals surface area contributed by atoms with Gasteiger partial charge in [0.05, 0.1) is 26.5 Å². The van der Waals surface area contributed by atoms with Gasteiger partial charge in [-0.1, -0.05) is 0 Å². The second-order valence-electron chi connectivity index (χ2n) is 3.96. The first-order chi connectivity index (χ1) is 9.12. The molecule has 0 aliphatic heterocycles. The third-order valence-electron chi connectivity index (χ3n) is 2.96. The average molecular weight is 327 g/mol. The SMILES string of the molecule is COc1ccc(-c2nc(Br)c(CO)n2C)cc1OC. The highest BCUT2D eigenvalue weighted by molar-refractivity contribution is 9.10. The van der Waals surface area contributed by atoms with Crippen LogP contribution in [-0.2, 0) is 13.7 Å². The number of methoxy groups -OCH3 is 2. The molecule has 0 amide bonds. The van der Waals surface area contributed by atoms with Crippen LogP contribution in [-0.4, -0.2) is 28.9 Å². The van der Waals surface area contributed by atoms with Gasteiger partial charge in [-0.2, -0.15) is 0 Å². The van der Waals surface area contributed by atoms with Crippen molar-refractivity contribution >= 4 is 15.9 Å². The molecule has 0 aliphatic rings. The minimum absolute atomic E-state index is 0.0721. The number of ether oxygens (including phenoxy) is 2. The molecule has 0 spiro atoms. The highest BCUT2D eigenvalue weighted by Crippen LogP contribution is 2.33. The molecule has 0 fully saturated rings. The molecule has 0 unspecified atom stereocenters. The van der Waals surface area contributed by atoms with Gasteiger partial charge in [-0.3, -0.25) is 0 Å². The standard InChI is InChI=1S/C13H15BrN2O3/c1-16-9(7-17)12(14)15-13(16)8-4-5-10(18-2)11(6-8)19-3/h4-6,17H,7H2,1-3H3. The normalized spacial score (nSPS) is 10.6. The van der Waals surface area contributed by atoms with E-state index in [1.807, 2.05) is 29.8 Å². The Morgan fingerprint density at radius 2 is 1.95 bits per heavy atom. The summed E-state index contributed by atoms with van der Waals surface area (Å²) in [5, 5.41) is 9.31. The molecule has 1 N–H and O–H groups in total. The van der Waals surface area contributed by atoms with E-state index < -0.39 is 0 Å². The molecule has 2 aromatic rings. The van der Waals surface area contributed by atoms with Gasteiger partial charge >= 0.3 is 0 Å². The van der Waals surface area contributed by atoms with E-state index in [0.717, 1.165) is 17.1 Å². The molecular weight excluding hydrogens is 312 g/mol. The number of rotatable bonds is 4. The fourth-order valence-corrected chi connectivity index (χ4v) is 2.46. The van der Waals surface area contributed by atoms with Gasteiger partial charge < -0.3 is 19.1 Å². The lowest BCUT2D eigenvalue weighted by atomic mass is 10.2. The van der Waals surface area contributed by atoms with Crippen LogP contribution in [0.15, 0.2) is 22.8 Å². The Hall–Kier alpha value is -1.53. The van der Waals surface area contributed by atoms with Gasteiger partial charge in [0.1, 0.15) is 10.4 Å². The van der Waals surface area contributed by atoms with Crippen LogP contribution in [0.3, 0.4) is 0 Å². The maximum Gasteiger partial charge on any atom is 0.161 e. The summed E-state index contributed by atoms with van der Waals surface area (Å²) in [4.78, 5) is 4.41. The molecule has 1 heterocycles. The van der Waals surface area contributed by atoms with E-state index in [2.05, 4.69) is 20.9 Å². The molecule has 102 valence electrons. The van der Waals surface area contributed by atoms with Crippen LogP contribution in [0.2, 0.25) is 0 Å². The molecule has 0 bridgehead atoms. The monoisotopic (exact) mass is 326 g/mol. The molecular formula is C13H15BrN2O3. The number of aromatic nitrogens is 2. The maximum absolute atomic E-state index is 9.31. The highest BCUT2D eigenvalue weighted by atomic mass is 79.9. The lowest BCUT2D eigenvalue weighted by Gasteiger charge is -2.10. The zero-order valence-corrected chi connectivity index (χ0v) is 12.6. The topological polar surface area (TPSA) is 56.5 Å². The zero-order valence-electron chi connectivity index (χ0n) is 11.0. The fraction of sp³-hybridized carbons (Fsp3) is 0.308. The number of benzene rings is 1. The predicted molar refractivity (Wildman–Crippen MR) is 75.4 cm³/mol. The minimum Gasteiger partial charge on any atom is -0.493 e. The Kier molecular flexibility index (Phi) is 4.11. The quantitative estimate of drug-likeness (QED) is 0.937. The van der Waals surface area contributed by atoms with Crippen LogP contribution in [0.5, 0.6) is 11.5 Å². The summed E-state index contributed by atoms with van der Waals surface area (Å²) in [6, 6.07) is 5.58. The van der Waals surface area contributed by atoms with Gasteiger partial charge in [0.2, 0.25) is 0 Å². The molecule has 0 aliphatic carbocycles. The van der Waals surface area contributed by atoms with Crippen LogP contribution < -0.4 is 9.47 Å². The van der Waals surface area contributed by atoms with E-state index in [0.29, 0.717) is 16.1 Å². The smallest absolute Gasteiger partial charge is 0.161 e. The molecule has 6 heteroatoms. The molecule has 0 radical (unpaired) electrons. The molecule has 19 heavy (non-hydrogen) atoms. The Labute approximate surface area is 119 Å². The summed E-state index contributed by atoms with van der Waals surface area (Å²) in [6.45, 7) is -0.0721. The van der Waals surface area contributed by atoms with Gasteiger partial charge in [-0.15, -0.1) is 0 Å². The van der Waals surface area contributed by atoms with Crippen LogP contribution >= 0.6 is 15.9 Å². The summed E-state index contributed by atoms with van der Waals surface area (Å²) >= 11 is 3.34. The number of aliphatic hydroxyl groups excluding tert-OH is 1. The van der Waals surface area contributed by atoms with E-state index >= 15 is 0 Å². The predicted octanol–water partition coefficient (Wildman–Crippen LogP) is 2.36. The van der Waals surface area contributed by atoms with Crippen LogP contribution in [0.4, 0.5) is 0 Å². The van der Waals surface area contributed by atoms with Crippen molar-refractivity contribution in [3.8, 4) is 22.9 Å². The van der Waals surface area contributed by atoms with Crippen molar-refractivity contribution < 1.29 is 14.6 Å². The first kappa shape index (κ1) is 13.9. The van der Waals surface area contributed by atoms with Crippen molar-refractivity contribution in [3.63, 3.8) is 0 Å². The number of halogens is 1. The number of hydrogen-bond acceptors (Lipinski definition) is 4. The van der Waals surface area contributed by atoms with E-state index in [-0.39, 0.29) is 6.61 Å². The third-order valence-corrected chi connectivity index (χ3v) is 3.59. The lowest BCUT2D eigenvalue weighted by molar-refractivity contribution is 0.272. The van der Waals surface area contributed by atoms with Gasteiger partial charge in [0.15, 0.2) is 11.5 Å². The second kappa shape index (κ2) is 5.63. The Balaban J connectivity index is 2.53. The molecule has 0 saturated carbocycles. The Morgan fingerprint density at radius 1 is 1.26 bits per heavy atom. The van der Waals surface area contributed by atoms with E-state index in [9.17, 15) is 5.11 Å². The lowest BCUT2D eigenvalue weighted by Crippen LogP contribution is -1.99. The first-order valence-electron chi connectivity index (χ1n) is 5.66. The van der Waals surface area contributed by atoms with Gasteiger partial charge in [0, 0.05) is 12.6 Å². The van der Waals surface area contributed by atoms with Crippen LogP contribution in [0.1, 0.15) is 5.69 Å². The third kappa shape index (κ3) is 2.46. The molecule has 2 rings (SSSR count). The number of imidazole rings is 1. The fourth-order valence-electron chi connectivity index (χ4n) is 1.90. The maximum atomic E-state index is 9.31. The summed E-state index contributed by atoms with van der Waals surface area (Å²) < 4.78 is 13.0. The highest BCUT2D eigenvalue weighted by Gasteiger charge is 2.15. The molecule has 0 atom stereocenters. The number of nitrogens with zero attached hydrogens (tertiary/aromatic N) is 2. The summed E-state index contributed by atoms with van der Waals surface area (Å²) in [5.74, 6) is 2.06. The average Bonchev–Trinajstić information content (AvgIpc) is 2.72. The molecule has 5 nitrogen and oxygen atoms in total. The molecule has 1 aromatic carbocycles. The largest absolute Gasteiger partial charge is 0.493 e. The summed E-state index contributed by atoms with van der Waals surface area (Å²) in [6.07, 6.45) is 0. The van der Waals surface area contributed by atoms with Gasteiger partial charge in [0.25, 0.3) is 0 Å². The van der Waals surface area contributed by atoms with Crippen molar-refractivity contribution in [1.82, 2.24) is 9.55 Å². The summed E-state index contributed by atoms with van der Waals surface area (Å²) in [5.41, 5.74) is 1.62. The van der Waals surface area contributed by atoms with Crippen molar-refractivity contribution in [2.45, 2.75) is 6.61 Å². The molecule has 1 aromatic heterocycles. The van der Waals surface area contributed by atoms with Gasteiger partial charge in [-0.25, -0.2) is 4.98 Å². The van der Waals surface area contributed by atoms with Crippen LogP contribution in [0.25, 0.3) is 11.4 Å².